The van der Waals surface area contributed by atoms with Gasteiger partial charge < -0.3 is 4.74 Å². The van der Waals surface area contributed by atoms with Crippen molar-refractivity contribution in [3.63, 3.8) is 0 Å². The largest absolute Gasteiger partial charge is 0.381 e. The first kappa shape index (κ1) is 14.5. The third-order valence-corrected chi connectivity index (χ3v) is 4.80. The summed E-state index contributed by atoms with van der Waals surface area (Å²) in [7, 11) is 0. The summed E-state index contributed by atoms with van der Waals surface area (Å²) in [6.45, 7) is 5.40. The smallest absolute Gasteiger partial charge is 0.141 e. The summed E-state index contributed by atoms with van der Waals surface area (Å²) in [5.41, 5.74) is 2.96. The Balaban J connectivity index is 2.17. The first-order valence-electron chi connectivity index (χ1n) is 7.28. The van der Waals surface area contributed by atoms with Crippen molar-refractivity contribution in [1.29, 1.82) is 0 Å². The number of benzene rings is 1. The molecule has 0 spiro atoms. The Bertz CT molecular complexity index is 613. The molecule has 4 heteroatoms. The maximum atomic E-state index is 6.31. The van der Waals surface area contributed by atoms with Crippen LogP contribution in [0.25, 0.3) is 0 Å². The van der Waals surface area contributed by atoms with Gasteiger partial charge in [0.25, 0.3) is 0 Å². The van der Waals surface area contributed by atoms with Gasteiger partial charge in [0.1, 0.15) is 11.0 Å². The zero-order valence-corrected chi connectivity index (χ0v) is 13.2. The molecule has 0 saturated carbocycles. The number of ether oxygens (including phenoxy) is 1. The van der Waals surface area contributed by atoms with Crippen LogP contribution in [0.1, 0.15) is 35.5 Å². The number of hydrogen-bond donors (Lipinski definition) is 0. The average molecular weight is 303 g/mol. The van der Waals surface area contributed by atoms with Gasteiger partial charge >= 0.3 is 0 Å². The Kier molecular flexibility index (Phi) is 3.96. The Labute approximate surface area is 130 Å². The first-order chi connectivity index (χ1) is 10.1. The van der Waals surface area contributed by atoms with Crippen LogP contribution < -0.4 is 0 Å². The molecule has 2 aromatic rings. The van der Waals surface area contributed by atoms with E-state index in [4.69, 9.17) is 21.3 Å². The summed E-state index contributed by atoms with van der Waals surface area (Å²) in [6, 6.07) is 10.5. The molecule has 0 bridgehead atoms. The van der Waals surface area contributed by atoms with Gasteiger partial charge in [0.05, 0.1) is 5.41 Å². The van der Waals surface area contributed by atoms with Crippen LogP contribution in [-0.2, 0) is 10.2 Å². The number of halogens is 1. The molecule has 21 heavy (non-hydrogen) atoms. The van der Waals surface area contributed by atoms with E-state index < -0.39 is 0 Å². The topological polar surface area (TPSA) is 35.0 Å². The van der Waals surface area contributed by atoms with Gasteiger partial charge in [0.2, 0.25) is 0 Å². The number of rotatable bonds is 2. The van der Waals surface area contributed by atoms with Gasteiger partial charge in [-0.3, -0.25) is 0 Å². The third-order valence-electron chi connectivity index (χ3n) is 4.43. The zero-order chi connectivity index (χ0) is 14.9. The van der Waals surface area contributed by atoms with Crippen LogP contribution in [0, 0.1) is 13.8 Å². The normalized spacial score (nSPS) is 17.7. The van der Waals surface area contributed by atoms with E-state index in [1.807, 2.05) is 19.9 Å². The second kappa shape index (κ2) is 5.74. The highest BCUT2D eigenvalue weighted by molar-refractivity contribution is 6.30. The Hall–Kier alpha value is -1.45. The summed E-state index contributed by atoms with van der Waals surface area (Å²) >= 11 is 6.31. The van der Waals surface area contributed by atoms with Gasteiger partial charge in [0, 0.05) is 24.5 Å². The zero-order valence-electron chi connectivity index (χ0n) is 12.4. The molecular formula is C17H19ClN2O. The van der Waals surface area contributed by atoms with Gasteiger partial charge in [-0.2, -0.15) is 0 Å². The van der Waals surface area contributed by atoms with Crippen molar-refractivity contribution in [2.24, 2.45) is 0 Å². The molecule has 2 heterocycles. The third kappa shape index (κ3) is 2.56. The van der Waals surface area contributed by atoms with Crippen LogP contribution in [-0.4, -0.2) is 23.2 Å². The number of aromatic nitrogens is 2. The summed E-state index contributed by atoms with van der Waals surface area (Å²) in [5, 5.41) is 0.555. The SMILES string of the molecule is Cc1nc(C2(c3ccccc3)CCOCC2)nc(Cl)c1C. The molecule has 1 saturated heterocycles. The molecule has 0 radical (unpaired) electrons. The number of hydrogen-bond acceptors (Lipinski definition) is 3. The standard InChI is InChI=1S/C17H19ClN2O/c1-12-13(2)19-16(20-15(12)18)17(8-10-21-11-9-17)14-6-4-3-5-7-14/h3-7H,8-11H2,1-2H3. The van der Waals surface area contributed by atoms with Crippen molar-refractivity contribution in [3.8, 4) is 0 Å². The number of aryl methyl sites for hydroxylation is 1. The fraction of sp³-hybridized carbons (Fsp3) is 0.412. The molecule has 0 atom stereocenters. The summed E-state index contributed by atoms with van der Waals surface area (Å²) in [4.78, 5) is 9.36. The Morgan fingerprint density at radius 1 is 1.05 bits per heavy atom. The maximum absolute atomic E-state index is 6.31. The van der Waals surface area contributed by atoms with Crippen LogP contribution in [0.3, 0.4) is 0 Å². The summed E-state index contributed by atoms with van der Waals surface area (Å²) in [5.74, 6) is 0.824. The minimum absolute atomic E-state index is 0.193. The highest BCUT2D eigenvalue weighted by Crippen LogP contribution is 2.40. The molecule has 1 aromatic heterocycles. The lowest BCUT2D eigenvalue weighted by Gasteiger charge is -2.36. The summed E-state index contributed by atoms with van der Waals surface area (Å²) < 4.78 is 5.56. The van der Waals surface area contributed by atoms with Crippen molar-refractivity contribution >= 4 is 11.6 Å². The lowest BCUT2D eigenvalue weighted by Crippen LogP contribution is -2.37. The lowest BCUT2D eigenvalue weighted by molar-refractivity contribution is 0.0604. The quantitative estimate of drug-likeness (QED) is 0.791. The highest BCUT2D eigenvalue weighted by Gasteiger charge is 2.39. The molecule has 1 aromatic carbocycles. The molecule has 0 aliphatic carbocycles. The Morgan fingerprint density at radius 3 is 2.33 bits per heavy atom. The van der Waals surface area contributed by atoms with E-state index in [2.05, 4.69) is 29.2 Å². The molecule has 0 amide bonds. The molecule has 3 nitrogen and oxygen atoms in total. The van der Waals surface area contributed by atoms with E-state index in [0.29, 0.717) is 5.15 Å². The molecule has 110 valence electrons. The molecule has 1 aliphatic heterocycles. The molecule has 0 N–H and O–H groups in total. The van der Waals surface area contributed by atoms with Crippen LogP contribution in [0.15, 0.2) is 30.3 Å². The van der Waals surface area contributed by atoms with Crippen molar-refractivity contribution in [2.75, 3.05) is 13.2 Å². The number of nitrogens with zero attached hydrogens (tertiary/aromatic N) is 2. The van der Waals surface area contributed by atoms with Crippen LogP contribution >= 0.6 is 11.6 Å². The van der Waals surface area contributed by atoms with Crippen LogP contribution in [0.4, 0.5) is 0 Å². The molecule has 3 rings (SSSR count). The molecular weight excluding hydrogens is 284 g/mol. The van der Waals surface area contributed by atoms with E-state index >= 15 is 0 Å². The van der Waals surface area contributed by atoms with E-state index in [9.17, 15) is 0 Å². The van der Waals surface area contributed by atoms with E-state index in [1.54, 1.807) is 0 Å². The Morgan fingerprint density at radius 2 is 1.71 bits per heavy atom. The second-order valence-corrected chi connectivity index (χ2v) is 5.97. The van der Waals surface area contributed by atoms with Gasteiger partial charge in [-0.05, 0) is 32.3 Å². The minimum atomic E-state index is -0.193. The molecule has 1 fully saturated rings. The second-order valence-electron chi connectivity index (χ2n) is 5.61. The predicted octanol–water partition coefficient (Wildman–Crippen LogP) is 3.84. The summed E-state index contributed by atoms with van der Waals surface area (Å²) in [6.07, 6.45) is 1.77. The van der Waals surface area contributed by atoms with Gasteiger partial charge in [-0.15, -0.1) is 0 Å². The van der Waals surface area contributed by atoms with Crippen LogP contribution in [0.5, 0.6) is 0 Å². The predicted molar refractivity (Wildman–Crippen MR) is 83.8 cm³/mol. The molecule has 0 unspecified atom stereocenters. The van der Waals surface area contributed by atoms with Crippen molar-refractivity contribution in [1.82, 2.24) is 9.97 Å². The lowest BCUT2D eigenvalue weighted by atomic mass is 9.73. The fourth-order valence-electron chi connectivity index (χ4n) is 2.93. The van der Waals surface area contributed by atoms with Crippen molar-refractivity contribution < 1.29 is 4.74 Å². The maximum Gasteiger partial charge on any atom is 0.141 e. The average Bonchev–Trinajstić information content (AvgIpc) is 2.53. The van der Waals surface area contributed by atoms with Crippen LogP contribution in [0.2, 0.25) is 5.15 Å². The molecule has 1 aliphatic rings. The highest BCUT2D eigenvalue weighted by atomic mass is 35.5. The van der Waals surface area contributed by atoms with Gasteiger partial charge in [-0.25, -0.2) is 9.97 Å². The fourth-order valence-corrected chi connectivity index (χ4v) is 3.14. The first-order valence-corrected chi connectivity index (χ1v) is 7.66. The monoisotopic (exact) mass is 302 g/mol. The van der Waals surface area contributed by atoms with E-state index in [1.165, 1.54) is 5.56 Å². The van der Waals surface area contributed by atoms with Gasteiger partial charge in [0.15, 0.2) is 0 Å². The van der Waals surface area contributed by atoms with E-state index in [0.717, 1.165) is 43.1 Å². The van der Waals surface area contributed by atoms with Crippen molar-refractivity contribution in [3.05, 3.63) is 58.1 Å². The van der Waals surface area contributed by atoms with Gasteiger partial charge in [-0.1, -0.05) is 41.9 Å². The van der Waals surface area contributed by atoms with E-state index in [-0.39, 0.29) is 5.41 Å². The minimum Gasteiger partial charge on any atom is -0.381 e. The van der Waals surface area contributed by atoms with Crippen molar-refractivity contribution in [2.45, 2.75) is 32.1 Å².